The van der Waals surface area contributed by atoms with Gasteiger partial charge in [-0.05, 0) is 35.9 Å². The summed E-state index contributed by atoms with van der Waals surface area (Å²) < 4.78 is 0. The van der Waals surface area contributed by atoms with Gasteiger partial charge in [-0.15, -0.1) is 11.3 Å². The van der Waals surface area contributed by atoms with Gasteiger partial charge in [0, 0.05) is 43.6 Å². The van der Waals surface area contributed by atoms with Crippen LogP contribution in [0.4, 0.5) is 0 Å². The average molecular weight is 308 g/mol. The van der Waals surface area contributed by atoms with E-state index in [1.807, 2.05) is 11.4 Å². The second kappa shape index (κ2) is 7.38. The zero-order valence-corrected chi connectivity index (χ0v) is 12.9. The van der Waals surface area contributed by atoms with Gasteiger partial charge in [0.25, 0.3) is 0 Å². The summed E-state index contributed by atoms with van der Waals surface area (Å²) in [6.45, 7) is 4.40. The van der Waals surface area contributed by atoms with Gasteiger partial charge in [-0.3, -0.25) is 9.69 Å². The second-order valence-electron chi connectivity index (χ2n) is 5.27. The molecule has 21 heavy (non-hydrogen) atoms. The van der Waals surface area contributed by atoms with Crippen molar-refractivity contribution in [2.75, 3.05) is 13.1 Å². The molecule has 0 aliphatic carbocycles. The van der Waals surface area contributed by atoms with Gasteiger partial charge in [-0.2, -0.15) is 0 Å². The Balaban J connectivity index is 1.81. The summed E-state index contributed by atoms with van der Waals surface area (Å²) in [7, 11) is 0. The van der Waals surface area contributed by atoms with Crippen LogP contribution in [0.3, 0.4) is 0 Å². The van der Waals surface area contributed by atoms with Crippen molar-refractivity contribution < 1.29 is 14.7 Å². The average Bonchev–Trinajstić information content (AvgIpc) is 2.86. The molecule has 0 unspecified atom stereocenters. The predicted molar refractivity (Wildman–Crippen MR) is 83.1 cm³/mol. The minimum absolute atomic E-state index is 0.0431. The molecule has 1 amide bonds. The van der Waals surface area contributed by atoms with Crippen molar-refractivity contribution in [2.24, 2.45) is 0 Å². The Kier molecular flexibility index (Phi) is 5.52. The molecule has 1 saturated heterocycles. The van der Waals surface area contributed by atoms with Gasteiger partial charge in [-0.1, -0.05) is 0 Å². The van der Waals surface area contributed by atoms with Crippen LogP contribution in [0.25, 0.3) is 6.08 Å². The molecule has 6 heteroatoms. The lowest BCUT2D eigenvalue weighted by molar-refractivity contribution is -0.131. The first kappa shape index (κ1) is 15.7. The second-order valence-corrected chi connectivity index (χ2v) is 6.26. The molecule has 1 aliphatic heterocycles. The maximum Gasteiger partial charge on any atom is 0.328 e. The van der Waals surface area contributed by atoms with Crippen LogP contribution in [0.5, 0.6) is 0 Å². The van der Waals surface area contributed by atoms with Crippen molar-refractivity contribution in [3.8, 4) is 0 Å². The number of amides is 1. The van der Waals surface area contributed by atoms with E-state index < -0.39 is 5.97 Å². The maximum absolute atomic E-state index is 11.0. The first-order chi connectivity index (χ1) is 10.0. The van der Waals surface area contributed by atoms with Crippen molar-refractivity contribution in [3.05, 3.63) is 28.0 Å². The van der Waals surface area contributed by atoms with E-state index in [9.17, 15) is 9.59 Å². The third-order valence-electron chi connectivity index (χ3n) is 3.47. The number of nitrogens with zero attached hydrogens (tertiary/aromatic N) is 1. The summed E-state index contributed by atoms with van der Waals surface area (Å²) in [5.41, 5.74) is 0.936. The van der Waals surface area contributed by atoms with Gasteiger partial charge < -0.3 is 10.4 Å². The molecule has 0 bridgehead atoms. The minimum atomic E-state index is -0.928. The molecule has 0 spiro atoms. The number of piperidine rings is 1. The van der Waals surface area contributed by atoms with Crippen LogP contribution in [0, 0.1) is 0 Å². The molecule has 2 heterocycles. The maximum atomic E-state index is 11.0. The van der Waals surface area contributed by atoms with Crippen molar-refractivity contribution in [1.82, 2.24) is 10.2 Å². The third kappa shape index (κ3) is 5.32. The highest BCUT2D eigenvalue weighted by Crippen LogP contribution is 2.20. The largest absolute Gasteiger partial charge is 0.478 e. The first-order valence-corrected chi connectivity index (χ1v) is 7.89. The summed E-state index contributed by atoms with van der Waals surface area (Å²) in [6, 6.07) is 2.33. The molecule has 0 aromatic carbocycles. The van der Waals surface area contributed by atoms with Crippen molar-refractivity contribution >= 4 is 29.3 Å². The summed E-state index contributed by atoms with van der Waals surface area (Å²) >= 11 is 1.65. The minimum Gasteiger partial charge on any atom is -0.478 e. The molecular formula is C15H20N2O3S. The number of likely N-dealkylation sites (tertiary alicyclic amines) is 1. The quantitative estimate of drug-likeness (QED) is 0.816. The fraction of sp³-hybridized carbons (Fsp3) is 0.467. The standard InChI is InChI=1S/C15H20N2O3S/c1-11(18)16-13-4-6-17(7-5-13)9-14-8-12(10-21-14)2-3-15(19)20/h2-3,8,10,13H,4-7,9H2,1H3,(H,16,18)(H,19,20)/b3-2+. The Morgan fingerprint density at radius 1 is 1.48 bits per heavy atom. The van der Waals surface area contributed by atoms with E-state index in [4.69, 9.17) is 5.11 Å². The van der Waals surface area contributed by atoms with Gasteiger partial charge in [0.05, 0.1) is 0 Å². The van der Waals surface area contributed by atoms with Gasteiger partial charge in [0.2, 0.25) is 5.91 Å². The van der Waals surface area contributed by atoms with Crippen LogP contribution in [0.1, 0.15) is 30.2 Å². The lowest BCUT2D eigenvalue weighted by atomic mass is 10.0. The highest BCUT2D eigenvalue weighted by atomic mass is 32.1. The zero-order valence-electron chi connectivity index (χ0n) is 12.0. The van der Waals surface area contributed by atoms with Crippen molar-refractivity contribution in [3.63, 3.8) is 0 Å². The molecule has 5 nitrogen and oxygen atoms in total. The number of hydrogen-bond donors (Lipinski definition) is 2. The highest BCUT2D eigenvalue weighted by Gasteiger charge is 2.19. The lowest BCUT2D eigenvalue weighted by Crippen LogP contribution is -2.43. The Bertz CT molecular complexity index is 531. The Morgan fingerprint density at radius 2 is 2.19 bits per heavy atom. The monoisotopic (exact) mass is 308 g/mol. The fourth-order valence-corrected chi connectivity index (χ4v) is 3.37. The number of carbonyl (C=O) groups excluding carboxylic acids is 1. The number of carbonyl (C=O) groups is 2. The number of hydrogen-bond acceptors (Lipinski definition) is 4. The Hall–Kier alpha value is -1.66. The first-order valence-electron chi connectivity index (χ1n) is 7.01. The summed E-state index contributed by atoms with van der Waals surface area (Å²) in [5, 5.41) is 13.5. The van der Waals surface area contributed by atoms with E-state index in [0.717, 1.165) is 44.1 Å². The van der Waals surface area contributed by atoms with Crippen LogP contribution >= 0.6 is 11.3 Å². The van der Waals surface area contributed by atoms with E-state index in [0.29, 0.717) is 6.04 Å². The fourth-order valence-electron chi connectivity index (χ4n) is 2.48. The summed E-state index contributed by atoms with van der Waals surface area (Å²) in [5.74, 6) is -0.885. The number of carboxylic acid groups (broad SMARTS) is 1. The Morgan fingerprint density at radius 3 is 2.81 bits per heavy atom. The van der Waals surface area contributed by atoms with Crippen LogP contribution in [0.15, 0.2) is 17.5 Å². The van der Waals surface area contributed by atoms with Gasteiger partial charge in [-0.25, -0.2) is 4.79 Å². The topological polar surface area (TPSA) is 69.6 Å². The molecule has 114 valence electrons. The summed E-state index contributed by atoms with van der Waals surface area (Å²) in [6.07, 6.45) is 4.74. The Labute approximate surface area is 128 Å². The number of rotatable bonds is 5. The van der Waals surface area contributed by atoms with Gasteiger partial charge in [0.15, 0.2) is 0 Å². The van der Waals surface area contributed by atoms with Gasteiger partial charge in [0.1, 0.15) is 0 Å². The normalized spacial score (nSPS) is 17.2. The van der Waals surface area contributed by atoms with Crippen LogP contribution in [-0.4, -0.2) is 41.0 Å². The smallest absolute Gasteiger partial charge is 0.328 e. The molecule has 0 saturated carbocycles. The van der Waals surface area contributed by atoms with Crippen LogP contribution in [-0.2, 0) is 16.1 Å². The van der Waals surface area contributed by atoms with E-state index in [-0.39, 0.29) is 5.91 Å². The molecule has 1 aromatic rings. The number of thiophene rings is 1. The molecule has 2 rings (SSSR count). The predicted octanol–water partition coefficient (Wildman–Crippen LogP) is 1.95. The zero-order chi connectivity index (χ0) is 15.2. The molecule has 0 atom stereocenters. The third-order valence-corrected chi connectivity index (χ3v) is 4.41. The number of aliphatic carboxylic acids is 1. The summed E-state index contributed by atoms with van der Waals surface area (Å²) in [4.78, 5) is 25.1. The molecule has 0 radical (unpaired) electrons. The molecule has 2 N–H and O–H groups in total. The number of nitrogens with one attached hydrogen (secondary N) is 1. The van der Waals surface area contributed by atoms with E-state index in [1.54, 1.807) is 24.3 Å². The molecule has 1 aliphatic rings. The van der Waals surface area contributed by atoms with E-state index in [1.165, 1.54) is 4.88 Å². The molecule has 1 aromatic heterocycles. The van der Waals surface area contributed by atoms with Crippen molar-refractivity contribution in [1.29, 1.82) is 0 Å². The SMILES string of the molecule is CC(=O)NC1CCN(Cc2cc(/C=C/C(=O)O)cs2)CC1. The van der Waals surface area contributed by atoms with Crippen LogP contribution in [0.2, 0.25) is 0 Å². The van der Waals surface area contributed by atoms with E-state index >= 15 is 0 Å². The molecular weight excluding hydrogens is 288 g/mol. The molecule has 1 fully saturated rings. The van der Waals surface area contributed by atoms with Gasteiger partial charge >= 0.3 is 5.97 Å². The van der Waals surface area contributed by atoms with E-state index in [2.05, 4.69) is 10.2 Å². The highest BCUT2D eigenvalue weighted by molar-refractivity contribution is 7.10. The van der Waals surface area contributed by atoms with Crippen molar-refractivity contribution in [2.45, 2.75) is 32.4 Å². The number of carboxylic acids is 1. The van der Waals surface area contributed by atoms with Crippen LogP contribution < -0.4 is 5.32 Å². The lowest BCUT2D eigenvalue weighted by Gasteiger charge is -2.31.